The number of nitrogens with zero attached hydrogens (tertiary/aromatic N) is 2. The van der Waals surface area contributed by atoms with Crippen LogP contribution in [0.3, 0.4) is 0 Å². The number of piperidine rings is 1. The fourth-order valence-corrected chi connectivity index (χ4v) is 2.27. The Balaban J connectivity index is 2.23. The normalized spacial score (nSPS) is 19.6. The number of likely N-dealkylation sites (tertiary alicyclic amines) is 1. The Morgan fingerprint density at radius 2 is 2.17 bits per heavy atom. The molecule has 1 amide bonds. The minimum Gasteiger partial charge on any atom is -0.480 e. The molecule has 1 fully saturated rings. The lowest BCUT2D eigenvalue weighted by Crippen LogP contribution is -2.48. The number of hydrogen-bond acceptors (Lipinski definition) is 3. The van der Waals surface area contributed by atoms with Gasteiger partial charge in [-0.05, 0) is 37.8 Å². The Hall–Kier alpha value is -1.91. The van der Waals surface area contributed by atoms with Gasteiger partial charge in [0.15, 0.2) is 0 Å². The fourth-order valence-electron chi connectivity index (χ4n) is 2.27. The van der Waals surface area contributed by atoms with Crippen LogP contribution < -0.4 is 0 Å². The van der Waals surface area contributed by atoms with Crippen molar-refractivity contribution in [2.45, 2.75) is 32.2 Å². The van der Waals surface area contributed by atoms with Crippen molar-refractivity contribution < 1.29 is 14.7 Å². The van der Waals surface area contributed by atoms with E-state index >= 15 is 0 Å². The first-order valence-corrected chi connectivity index (χ1v) is 6.05. The van der Waals surface area contributed by atoms with Crippen molar-refractivity contribution in [2.24, 2.45) is 0 Å². The van der Waals surface area contributed by atoms with Gasteiger partial charge >= 0.3 is 5.97 Å². The molecule has 0 aliphatic carbocycles. The Morgan fingerprint density at radius 1 is 1.39 bits per heavy atom. The third-order valence-corrected chi connectivity index (χ3v) is 3.17. The third kappa shape index (κ3) is 2.50. The van der Waals surface area contributed by atoms with Crippen molar-refractivity contribution >= 4 is 11.9 Å². The van der Waals surface area contributed by atoms with E-state index in [1.165, 1.54) is 11.1 Å². The summed E-state index contributed by atoms with van der Waals surface area (Å²) in [5.74, 6) is -1.16. The molecule has 0 saturated carbocycles. The summed E-state index contributed by atoms with van der Waals surface area (Å²) in [6, 6.07) is 1.04. The van der Waals surface area contributed by atoms with Crippen molar-refractivity contribution in [3.05, 3.63) is 29.6 Å². The molecule has 1 aromatic rings. The second kappa shape index (κ2) is 5.16. The topological polar surface area (TPSA) is 70.5 Å². The van der Waals surface area contributed by atoms with Gasteiger partial charge in [-0.2, -0.15) is 0 Å². The van der Waals surface area contributed by atoms with E-state index in [2.05, 4.69) is 4.98 Å². The number of rotatable bonds is 2. The van der Waals surface area contributed by atoms with Gasteiger partial charge < -0.3 is 10.0 Å². The fraction of sp³-hybridized carbons (Fsp3) is 0.462. The molecule has 1 saturated heterocycles. The number of amides is 1. The number of pyridine rings is 1. The van der Waals surface area contributed by atoms with Gasteiger partial charge in [-0.3, -0.25) is 9.78 Å². The SMILES string of the molecule is Cc1cncc(C(=O)N2CCCCC2C(=O)O)c1. The largest absolute Gasteiger partial charge is 0.480 e. The van der Waals surface area contributed by atoms with Gasteiger partial charge in [-0.1, -0.05) is 0 Å². The summed E-state index contributed by atoms with van der Waals surface area (Å²) in [6.07, 6.45) is 5.40. The molecule has 2 rings (SSSR count). The number of carbonyl (C=O) groups is 2. The van der Waals surface area contributed by atoms with Crippen LogP contribution in [-0.4, -0.2) is 39.5 Å². The summed E-state index contributed by atoms with van der Waals surface area (Å²) >= 11 is 0. The number of aryl methyl sites for hydroxylation is 1. The molecule has 1 atom stereocenters. The summed E-state index contributed by atoms with van der Waals surface area (Å²) in [5.41, 5.74) is 1.35. The zero-order valence-corrected chi connectivity index (χ0v) is 10.3. The van der Waals surface area contributed by atoms with Crippen LogP contribution in [-0.2, 0) is 4.79 Å². The minimum absolute atomic E-state index is 0.238. The van der Waals surface area contributed by atoms with Crippen LogP contribution in [0.5, 0.6) is 0 Å². The van der Waals surface area contributed by atoms with E-state index in [-0.39, 0.29) is 5.91 Å². The van der Waals surface area contributed by atoms with Crippen LogP contribution in [0.25, 0.3) is 0 Å². The maximum atomic E-state index is 12.3. The molecular formula is C13H16N2O3. The van der Waals surface area contributed by atoms with Gasteiger partial charge in [-0.25, -0.2) is 4.79 Å². The van der Waals surface area contributed by atoms with Crippen LogP contribution in [0, 0.1) is 6.92 Å². The number of carboxylic acids is 1. The maximum absolute atomic E-state index is 12.3. The molecule has 0 spiro atoms. The molecule has 0 bridgehead atoms. The van der Waals surface area contributed by atoms with Crippen molar-refractivity contribution in [3.8, 4) is 0 Å². The lowest BCUT2D eigenvalue weighted by atomic mass is 10.0. The highest BCUT2D eigenvalue weighted by Gasteiger charge is 2.32. The summed E-state index contributed by atoms with van der Waals surface area (Å²) in [7, 11) is 0. The molecular weight excluding hydrogens is 232 g/mol. The molecule has 0 radical (unpaired) electrons. The van der Waals surface area contributed by atoms with Crippen LogP contribution in [0.1, 0.15) is 35.2 Å². The molecule has 5 nitrogen and oxygen atoms in total. The highest BCUT2D eigenvalue weighted by Crippen LogP contribution is 2.20. The molecule has 1 N–H and O–H groups in total. The number of carboxylic acid groups (broad SMARTS) is 1. The highest BCUT2D eigenvalue weighted by molar-refractivity contribution is 5.96. The van der Waals surface area contributed by atoms with E-state index < -0.39 is 12.0 Å². The molecule has 1 unspecified atom stereocenters. The number of aliphatic carboxylic acids is 1. The number of carbonyl (C=O) groups excluding carboxylic acids is 1. The molecule has 2 heterocycles. The average Bonchev–Trinajstić information content (AvgIpc) is 2.38. The lowest BCUT2D eigenvalue weighted by molar-refractivity contribution is -0.143. The first kappa shape index (κ1) is 12.5. The third-order valence-electron chi connectivity index (χ3n) is 3.17. The van der Waals surface area contributed by atoms with Gasteiger partial charge in [0.2, 0.25) is 0 Å². The van der Waals surface area contributed by atoms with Crippen molar-refractivity contribution in [2.75, 3.05) is 6.54 Å². The molecule has 18 heavy (non-hydrogen) atoms. The van der Waals surface area contributed by atoms with Gasteiger partial charge in [0.25, 0.3) is 5.91 Å². The van der Waals surface area contributed by atoms with Crippen molar-refractivity contribution in [1.29, 1.82) is 0 Å². The minimum atomic E-state index is -0.927. The number of hydrogen-bond donors (Lipinski definition) is 1. The zero-order chi connectivity index (χ0) is 13.1. The van der Waals surface area contributed by atoms with Crippen molar-refractivity contribution in [1.82, 2.24) is 9.88 Å². The van der Waals surface area contributed by atoms with Gasteiger partial charge in [-0.15, -0.1) is 0 Å². The maximum Gasteiger partial charge on any atom is 0.326 e. The van der Waals surface area contributed by atoms with E-state index in [1.54, 1.807) is 12.3 Å². The molecule has 96 valence electrons. The van der Waals surface area contributed by atoms with E-state index in [9.17, 15) is 9.59 Å². The van der Waals surface area contributed by atoms with Crippen LogP contribution >= 0.6 is 0 Å². The second-order valence-corrected chi connectivity index (χ2v) is 4.60. The monoisotopic (exact) mass is 248 g/mol. The molecule has 0 aromatic carbocycles. The van der Waals surface area contributed by atoms with Gasteiger partial charge in [0.1, 0.15) is 6.04 Å². The van der Waals surface area contributed by atoms with E-state index in [0.29, 0.717) is 18.5 Å². The highest BCUT2D eigenvalue weighted by atomic mass is 16.4. The molecule has 1 aromatic heterocycles. The first-order chi connectivity index (χ1) is 8.59. The van der Waals surface area contributed by atoms with Gasteiger partial charge in [0.05, 0.1) is 5.56 Å². The summed E-state index contributed by atoms with van der Waals surface area (Å²) in [5, 5.41) is 9.15. The Bertz CT molecular complexity index is 473. The summed E-state index contributed by atoms with van der Waals surface area (Å²) in [4.78, 5) is 28.9. The van der Waals surface area contributed by atoms with E-state index in [1.807, 2.05) is 6.92 Å². The average molecular weight is 248 g/mol. The standard InChI is InChI=1S/C13H16N2O3/c1-9-6-10(8-14-7-9)12(16)15-5-3-2-4-11(15)13(17)18/h6-8,11H,2-5H2,1H3,(H,17,18). The van der Waals surface area contributed by atoms with Crippen LogP contribution in [0.4, 0.5) is 0 Å². The van der Waals surface area contributed by atoms with Crippen LogP contribution in [0.15, 0.2) is 18.5 Å². The predicted molar refractivity (Wildman–Crippen MR) is 65.3 cm³/mol. The predicted octanol–water partition coefficient (Wildman–Crippen LogP) is 1.47. The first-order valence-electron chi connectivity index (χ1n) is 6.05. The summed E-state index contributed by atoms with van der Waals surface area (Å²) in [6.45, 7) is 2.36. The molecule has 1 aliphatic rings. The zero-order valence-electron chi connectivity index (χ0n) is 10.3. The quantitative estimate of drug-likeness (QED) is 0.860. The second-order valence-electron chi connectivity index (χ2n) is 4.60. The van der Waals surface area contributed by atoms with E-state index in [4.69, 9.17) is 5.11 Å². The van der Waals surface area contributed by atoms with E-state index in [0.717, 1.165) is 18.4 Å². The lowest BCUT2D eigenvalue weighted by Gasteiger charge is -2.32. The Morgan fingerprint density at radius 3 is 2.83 bits per heavy atom. The number of aromatic nitrogens is 1. The Labute approximate surface area is 105 Å². The molecule has 1 aliphatic heterocycles. The Kier molecular flexibility index (Phi) is 3.60. The molecule has 5 heteroatoms. The van der Waals surface area contributed by atoms with Gasteiger partial charge in [0, 0.05) is 18.9 Å². The van der Waals surface area contributed by atoms with Crippen LogP contribution in [0.2, 0.25) is 0 Å². The summed E-state index contributed by atoms with van der Waals surface area (Å²) < 4.78 is 0. The smallest absolute Gasteiger partial charge is 0.326 e. The van der Waals surface area contributed by atoms with Crippen molar-refractivity contribution in [3.63, 3.8) is 0 Å².